The fourth-order valence-corrected chi connectivity index (χ4v) is 3.95. The maximum absolute atomic E-state index is 12.5. The van der Waals surface area contributed by atoms with Gasteiger partial charge in [0.05, 0.1) is 16.8 Å². The Hall–Kier alpha value is -2.24. The molecule has 0 saturated carbocycles. The largest absolute Gasteiger partial charge is 0.380 e. The second kappa shape index (κ2) is 7.76. The summed E-state index contributed by atoms with van der Waals surface area (Å²) in [5.41, 5.74) is 4.12. The molecule has 1 aromatic heterocycles. The summed E-state index contributed by atoms with van der Waals surface area (Å²) in [4.78, 5) is 17.6. The number of aryl methyl sites for hydroxylation is 2. The number of aromatic nitrogens is 1. The van der Waals surface area contributed by atoms with Crippen molar-refractivity contribution in [3.8, 4) is 0 Å². The molecule has 0 fully saturated rings. The van der Waals surface area contributed by atoms with E-state index in [1.165, 1.54) is 15.8 Å². The van der Waals surface area contributed by atoms with E-state index in [-0.39, 0.29) is 5.91 Å². The minimum Gasteiger partial charge on any atom is -0.380 e. The third-order valence-electron chi connectivity index (χ3n) is 4.00. The molecule has 0 bridgehead atoms. The quantitative estimate of drug-likeness (QED) is 0.648. The highest BCUT2D eigenvalue weighted by Crippen LogP contribution is 2.23. The predicted molar refractivity (Wildman–Crippen MR) is 102 cm³/mol. The first kappa shape index (κ1) is 17.6. The molecule has 4 nitrogen and oxygen atoms in total. The number of hydrogen-bond donors (Lipinski definition) is 0. The van der Waals surface area contributed by atoms with Gasteiger partial charge in [-0.05, 0) is 50.1 Å². The number of carbonyl (C=O) groups is 1. The first-order valence-corrected chi connectivity index (χ1v) is 9.24. The zero-order chi connectivity index (χ0) is 17.8. The van der Waals surface area contributed by atoms with Crippen LogP contribution in [-0.4, -0.2) is 23.7 Å². The van der Waals surface area contributed by atoms with E-state index in [4.69, 9.17) is 4.74 Å². The van der Waals surface area contributed by atoms with E-state index < -0.39 is 0 Å². The smallest absolute Gasteiger partial charge is 0.279 e. The Kier molecular flexibility index (Phi) is 5.46. The molecule has 5 heteroatoms. The van der Waals surface area contributed by atoms with Crippen molar-refractivity contribution in [1.29, 1.82) is 0 Å². The number of ether oxygens (including phenoxy) is 1. The second-order valence-corrected chi connectivity index (χ2v) is 6.92. The van der Waals surface area contributed by atoms with Crippen LogP contribution in [0.25, 0.3) is 10.2 Å². The van der Waals surface area contributed by atoms with Crippen LogP contribution in [0.1, 0.15) is 28.4 Å². The molecule has 0 aliphatic heterocycles. The zero-order valence-corrected chi connectivity index (χ0v) is 15.6. The van der Waals surface area contributed by atoms with E-state index in [1.54, 1.807) is 23.5 Å². The Morgan fingerprint density at radius 1 is 1.20 bits per heavy atom. The first-order valence-electron chi connectivity index (χ1n) is 8.42. The lowest BCUT2D eigenvalue weighted by Crippen LogP contribution is -2.19. The van der Waals surface area contributed by atoms with Gasteiger partial charge < -0.3 is 9.30 Å². The Labute approximate surface area is 151 Å². The summed E-state index contributed by atoms with van der Waals surface area (Å²) >= 11 is 1.56. The summed E-state index contributed by atoms with van der Waals surface area (Å²) in [7, 11) is 0. The van der Waals surface area contributed by atoms with Crippen molar-refractivity contribution in [2.24, 2.45) is 4.99 Å². The van der Waals surface area contributed by atoms with Crippen LogP contribution in [0.4, 0.5) is 0 Å². The molecule has 0 atom stereocenters. The highest BCUT2D eigenvalue weighted by Gasteiger charge is 2.11. The Morgan fingerprint density at radius 3 is 2.68 bits per heavy atom. The maximum atomic E-state index is 12.5. The molecule has 0 unspecified atom stereocenters. The minimum atomic E-state index is -0.216. The predicted octanol–water partition coefficient (Wildman–Crippen LogP) is 4.10. The van der Waals surface area contributed by atoms with Gasteiger partial charge in [0, 0.05) is 18.7 Å². The third kappa shape index (κ3) is 3.89. The SMILES string of the molecule is CCOCCn1c(=NC(=O)c2ccccc2)sc2c(C)cc(C)cc21. The number of carbonyl (C=O) groups excluding carboxylic acids is 1. The molecule has 0 aliphatic rings. The van der Waals surface area contributed by atoms with Crippen molar-refractivity contribution >= 4 is 27.5 Å². The third-order valence-corrected chi connectivity index (χ3v) is 5.23. The van der Waals surface area contributed by atoms with E-state index in [0.717, 1.165) is 10.3 Å². The van der Waals surface area contributed by atoms with Crippen molar-refractivity contribution in [3.05, 3.63) is 64.0 Å². The van der Waals surface area contributed by atoms with Crippen LogP contribution in [0.3, 0.4) is 0 Å². The maximum Gasteiger partial charge on any atom is 0.279 e. The van der Waals surface area contributed by atoms with Gasteiger partial charge in [0.1, 0.15) is 0 Å². The number of benzene rings is 2. The first-order chi connectivity index (χ1) is 12.1. The molecule has 0 saturated heterocycles. The van der Waals surface area contributed by atoms with Gasteiger partial charge in [0.15, 0.2) is 4.80 Å². The van der Waals surface area contributed by atoms with Gasteiger partial charge in [-0.1, -0.05) is 35.6 Å². The molecule has 0 N–H and O–H groups in total. The van der Waals surface area contributed by atoms with Gasteiger partial charge in [-0.15, -0.1) is 0 Å². The normalized spacial score (nSPS) is 12.0. The lowest BCUT2D eigenvalue weighted by molar-refractivity contribution is 0.0996. The molecule has 3 aromatic rings. The molecule has 1 heterocycles. The van der Waals surface area contributed by atoms with Crippen LogP contribution >= 0.6 is 11.3 Å². The van der Waals surface area contributed by atoms with E-state index >= 15 is 0 Å². The highest BCUT2D eigenvalue weighted by molar-refractivity contribution is 7.16. The lowest BCUT2D eigenvalue weighted by atomic mass is 10.1. The molecule has 0 aliphatic carbocycles. The van der Waals surface area contributed by atoms with Gasteiger partial charge >= 0.3 is 0 Å². The molecule has 0 radical (unpaired) electrons. The van der Waals surface area contributed by atoms with E-state index in [2.05, 4.69) is 35.5 Å². The van der Waals surface area contributed by atoms with Crippen LogP contribution in [0, 0.1) is 13.8 Å². The van der Waals surface area contributed by atoms with Crippen molar-refractivity contribution in [2.75, 3.05) is 13.2 Å². The van der Waals surface area contributed by atoms with Crippen molar-refractivity contribution in [3.63, 3.8) is 0 Å². The molecular formula is C20H22N2O2S. The monoisotopic (exact) mass is 354 g/mol. The Balaban J connectivity index is 2.12. The molecule has 1 amide bonds. The highest BCUT2D eigenvalue weighted by atomic mass is 32.1. The summed E-state index contributed by atoms with van der Waals surface area (Å²) in [5, 5.41) is 0. The second-order valence-electron chi connectivity index (χ2n) is 5.95. The molecular weight excluding hydrogens is 332 g/mol. The van der Waals surface area contributed by atoms with Gasteiger partial charge in [-0.25, -0.2) is 0 Å². The summed E-state index contributed by atoms with van der Waals surface area (Å²) in [6.07, 6.45) is 0. The van der Waals surface area contributed by atoms with Crippen molar-refractivity contribution in [2.45, 2.75) is 27.3 Å². The number of nitrogens with zero attached hydrogens (tertiary/aromatic N) is 2. The fraction of sp³-hybridized carbons (Fsp3) is 0.300. The van der Waals surface area contributed by atoms with Gasteiger partial charge in [0.25, 0.3) is 5.91 Å². The number of amides is 1. The molecule has 130 valence electrons. The minimum absolute atomic E-state index is 0.216. The van der Waals surface area contributed by atoms with Crippen LogP contribution in [-0.2, 0) is 11.3 Å². The summed E-state index contributed by atoms with van der Waals surface area (Å²) in [5.74, 6) is -0.216. The van der Waals surface area contributed by atoms with Gasteiger partial charge in [-0.2, -0.15) is 4.99 Å². The number of fused-ring (bicyclic) bond motifs is 1. The van der Waals surface area contributed by atoms with Crippen LogP contribution in [0.15, 0.2) is 47.5 Å². The molecule has 3 rings (SSSR count). The average Bonchev–Trinajstić information content (AvgIpc) is 2.94. The summed E-state index contributed by atoms with van der Waals surface area (Å²) in [6.45, 7) is 8.12. The van der Waals surface area contributed by atoms with Crippen LogP contribution < -0.4 is 4.80 Å². The van der Waals surface area contributed by atoms with Crippen molar-refractivity contribution in [1.82, 2.24) is 4.57 Å². The van der Waals surface area contributed by atoms with E-state index in [9.17, 15) is 4.79 Å². The zero-order valence-electron chi connectivity index (χ0n) is 14.8. The number of thiazole rings is 1. The van der Waals surface area contributed by atoms with E-state index in [0.29, 0.717) is 25.3 Å². The summed E-state index contributed by atoms with van der Waals surface area (Å²) in [6, 6.07) is 13.5. The number of rotatable bonds is 5. The Bertz CT molecular complexity index is 955. The van der Waals surface area contributed by atoms with Gasteiger partial charge in [0.2, 0.25) is 0 Å². The van der Waals surface area contributed by atoms with E-state index in [1.807, 2.05) is 25.1 Å². The lowest BCUT2D eigenvalue weighted by Gasteiger charge is -2.07. The Morgan fingerprint density at radius 2 is 1.96 bits per heavy atom. The molecule has 2 aromatic carbocycles. The van der Waals surface area contributed by atoms with Crippen molar-refractivity contribution < 1.29 is 9.53 Å². The average molecular weight is 354 g/mol. The fourth-order valence-electron chi connectivity index (χ4n) is 2.85. The molecule has 25 heavy (non-hydrogen) atoms. The van der Waals surface area contributed by atoms with Crippen LogP contribution in [0.5, 0.6) is 0 Å². The topological polar surface area (TPSA) is 43.6 Å². The van der Waals surface area contributed by atoms with Crippen LogP contribution in [0.2, 0.25) is 0 Å². The van der Waals surface area contributed by atoms with Gasteiger partial charge in [-0.3, -0.25) is 4.79 Å². The number of hydrogen-bond acceptors (Lipinski definition) is 3. The molecule has 0 spiro atoms. The summed E-state index contributed by atoms with van der Waals surface area (Å²) < 4.78 is 8.78. The standard InChI is InChI=1S/C20H22N2O2S/c1-4-24-11-10-22-17-13-14(2)12-15(3)18(17)25-20(22)21-19(23)16-8-6-5-7-9-16/h5-9,12-13H,4,10-11H2,1-3H3.